The molecule has 0 bridgehead atoms. The largest absolute Gasteiger partial charge is 0.341 e. The highest BCUT2D eigenvalue weighted by Crippen LogP contribution is 2.29. The zero-order valence-corrected chi connectivity index (χ0v) is 17.7. The number of nitrogens with one attached hydrogen (secondary N) is 1. The molecule has 28 heavy (non-hydrogen) atoms. The normalized spacial score (nSPS) is 18.2. The first-order chi connectivity index (χ1) is 13.4. The first kappa shape index (κ1) is 19.6. The van der Waals surface area contributed by atoms with Crippen LogP contribution in [-0.2, 0) is 21.4 Å². The third kappa shape index (κ3) is 4.16. The molecule has 2 aromatic rings. The number of aryl methyl sites for hydroxylation is 1. The summed E-state index contributed by atoms with van der Waals surface area (Å²) in [6, 6.07) is 1.65. The van der Waals surface area contributed by atoms with Gasteiger partial charge >= 0.3 is 0 Å². The van der Waals surface area contributed by atoms with Crippen LogP contribution < -0.4 is 4.72 Å². The van der Waals surface area contributed by atoms with Crippen molar-refractivity contribution in [2.75, 3.05) is 13.1 Å². The fourth-order valence-corrected chi connectivity index (χ4v) is 6.13. The first-order valence-electron chi connectivity index (χ1n) is 9.85. The van der Waals surface area contributed by atoms with E-state index in [2.05, 4.69) is 9.71 Å². The third-order valence-electron chi connectivity index (χ3n) is 5.46. The van der Waals surface area contributed by atoms with Gasteiger partial charge in [0.2, 0.25) is 15.9 Å². The number of amides is 1. The van der Waals surface area contributed by atoms with Gasteiger partial charge in [-0.2, -0.15) is 0 Å². The second-order valence-corrected chi connectivity index (χ2v) is 10.2. The number of rotatable bonds is 6. The van der Waals surface area contributed by atoms with E-state index in [4.69, 9.17) is 0 Å². The molecule has 0 spiro atoms. The zero-order chi connectivity index (χ0) is 19.7. The van der Waals surface area contributed by atoms with Gasteiger partial charge in [0, 0.05) is 36.4 Å². The number of sulfonamides is 1. The highest BCUT2D eigenvalue weighted by atomic mass is 32.2. The van der Waals surface area contributed by atoms with Crippen LogP contribution in [0.1, 0.15) is 44.2 Å². The monoisotopic (exact) mass is 422 g/mol. The number of carbonyl (C=O) groups is 1. The lowest BCUT2D eigenvalue weighted by Gasteiger charge is -2.16. The standard InChI is InChI=1S/C19H26N4O3S2/c1-14-13-27-19(20-14)17-10-16(28(25,26)21-15-6-2-3-7-15)11-23(17)12-18(24)22-8-4-5-9-22/h10-11,13,15,21H,2-9,12H2,1H3. The molecule has 1 saturated heterocycles. The van der Waals surface area contributed by atoms with Gasteiger partial charge in [0.1, 0.15) is 16.4 Å². The van der Waals surface area contributed by atoms with Crippen molar-refractivity contribution in [2.45, 2.75) is 62.9 Å². The Kier molecular flexibility index (Phi) is 5.57. The predicted octanol–water partition coefficient (Wildman–Crippen LogP) is 2.76. The molecule has 7 nitrogen and oxygen atoms in total. The molecule has 0 atom stereocenters. The van der Waals surface area contributed by atoms with Crippen molar-refractivity contribution in [3.63, 3.8) is 0 Å². The fraction of sp³-hybridized carbons (Fsp3) is 0.579. The van der Waals surface area contributed by atoms with E-state index in [1.165, 1.54) is 11.3 Å². The van der Waals surface area contributed by atoms with Crippen LogP contribution >= 0.6 is 11.3 Å². The van der Waals surface area contributed by atoms with Gasteiger partial charge in [0.25, 0.3) is 0 Å². The van der Waals surface area contributed by atoms with Crippen molar-refractivity contribution in [3.05, 3.63) is 23.3 Å². The number of likely N-dealkylation sites (tertiary alicyclic amines) is 1. The van der Waals surface area contributed by atoms with E-state index in [-0.39, 0.29) is 23.4 Å². The summed E-state index contributed by atoms with van der Waals surface area (Å²) < 4.78 is 30.4. The molecule has 152 valence electrons. The minimum Gasteiger partial charge on any atom is -0.341 e. The van der Waals surface area contributed by atoms with E-state index in [0.717, 1.165) is 62.3 Å². The van der Waals surface area contributed by atoms with E-state index < -0.39 is 10.0 Å². The first-order valence-corrected chi connectivity index (χ1v) is 12.2. The number of hydrogen-bond donors (Lipinski definition) is 1. The number of carbonyl (C=O) groups excluding carboxylic acids is 1. The van der Waals surface area contributed by atoms with E-state index in [1.54, 1.807) is 16.8 Å². The van der Waals surface area contributed by atoms with Crippen molar-refractivity contribution in [2.24, 2.45) is 0 Å². The van der Waals surface area contributed by atoms with E-state index in [0.29, 0.717) is 5.69 Å². The number of aromatic nitrogens is 2. The second kappa shape index (κ2) is 7.96. The molecule has 1 N–H and O–H groups in total. The molecule has 1 aliphatic carbocycles. The van der Waals surface area contributed by atoms with E-state index >= 15 is 0 Å². The van der Waals surface area contributed by atoms with Crippen molar-refractivity contribution < 1.29 is 13.2 Å². The van der Waals surface area contributed by atoms with Gasteiger partial charge in [0.15, 0.2) is 0 Å². The summed E-state index contributed by atoms with van der Waals surface area (Å²) in [6.07, 6.45) is 7.52. The fourth-order valence-electron chi connectivity index (χ4n) is 3.96. The number of hydrogen-bond acceptors (Lipinski definition) is 5. The third-order valence-corrected chi connectivity index (χ3v) is 7.93. The maximum atomic E-state index is 12.9. The van der Waals surface area contributed by atoms with Crippen LogP contribution in [0.5, 0.6) is 0 Å². The molecular weight excluding hydrogens is 396 g/mol. The quantitative estimate of drug-likeness (QED) is 0.776. The van der Waals surface area contributed by atoms with Gasteiger partial charge in [-0.25, -0.2) is 18.1 Å². The molecule has 2 aliphatic rings. The van der Waals surface area contributed by atoms with Crippen molar-refractivity contribution in [1.82, 2.24) is 19.2 Å². The average Bonchev–Trinajstić information content (AvgIpc) is 3.42. The van der Waals surface area contributed by atoms with Crippen LogP contribution in [0, 0.1) is 6.92 Å². The summed E-state index contributed by atoms with van der Waals surface area (Å²) in [5, 5.41) is 2.66. The molecule has 2 aromatic heterocycles. The van der Waals surface area contributed by atoms with E-state index in [1.807, 2.05) is 17.2 Å². The minimum atomic E-state index is -3.62. The van der Waals surface area contributed by atoms with Crippen LogP contribution in [0.4, 0.5) is 0 Å². The summed E-state index contributed by atoms with van der Waals surface area (Å²) >= 11 is 1.46. The Bertz CT molecular complexity index is 952. The lowest BCUT2D eigenvalue weighted by molar-refractivity contribution is -0.130. The van der Waals surface area contributed by atoms with Gasteiger partial charge in [-0.3, -0.25) is 4.79 Å². The maximum absolute atomic E-state index is 12.9. The summed E-state index contributed by atoms with van der Waals surface area (Å²) in [5.74, 6) is 0.0235. The lowest BCUT2D eigenvalue weighted by Crippen LogP contribution is -2.32. The molecule has 1 amide bonds. The SMILES string of the molecule is Cc1csc(-c2cc(S(=O)(=O)NC3CCCC3)cn2CC(=O)N2CCCC2)n1. The highest BCUT2D eigenvalue weighted by molar-refractivity contribution is 7.89. The van der Waals surface area contributed by atoms with Gasteiger partial charge < -0.3 is 9.47 Å². The highest BCUT2D eigenvalue weighted by Gasteiger charge is 2.27. The van der Waals surface area contributed by atoms with Crippen LogP contribution in [-0.4, -0.2) is 47.9 Å². The Balaban J connectivity index is 1.64. The van der Waals surface area contributed by atoms with Crippen molar-refractivity contribution in [1.29, 1.82) is 0 Å². The molecule has 2 fully saturated rings. The number of nitrogens with zero attached hydrogens (tertiary/aromatic N) is 3. The van der Waals surface area contributed by atoms with Gasteiger partial charge in [-0.05, 0) is 38.7 Å². The van der Waals surface area contributed by atoms with Crippen LogP contribution in [0.25, 0.3) is 10.7 Å². The second-order valence-electron chi connectivity index (χ2n) is 7.67. The average molecular weight is 423 g/mol. The van der Waals surface area contributed by atoms with Gasteiger partial charge in [0.05, 0.1) is 5.69 Å². The molecule has 9 heteroatoms. The zero-order valence-electron chi connectivity index (χ0n) is 16.1. The Labute approximate surface area is 169 Å². The molecular formula is C19H26N4O3S2. The molecule has 3 heterocycles. The molecule has 1 saturated carbocycles. The Morgan fingerprint density at radius 1 is 1.25 bits per heavy atom. The summed E-state index contributed by atoms with van der Waals surface area (Å²) in [5.41, 5.74) is 1.56. The van der Waals surface area contributed by atoms with Crippen molar-refractivity contribution >= 4 is 27.3 Å². The van der Waals surface area contributed by atoms with E-state index in [9.17, 15) is 13.2 Å². The Hall–Kier alpha value is -1.71. The maximum Gasteiger partial charge on any atom is 0.242 e. The molecule has 1 aliphatic heterocycles. The summed E-state index contributed by atoms with van der Waals surface area (Å²) in [6.45, 7) is 3.59. The topological polar surface area (TPSA) is 84.3 Å². The minimum absolute atomic E-state index is 0.00476. The smallest absolute Gasteiger partial charge is 0.242 e. The summed E-state index contributed by atoms with van der Waals surface area (Å²) in [7, 11) is -3.62. The summed E-state index contributed by atoms with van der Waals surface area (Å²) in [4.78, 5) is 19.2. The van der Waals surface area contributed by atoms with Crippen LogP contribution in [0.15, 0.2) is 22.5 Å². The van der Waals surface area contributed by atoms with Crippen LogP contribution in [0.3, 0.4) is 0 Å². The van der Waals surface area contributed by atoms with Crippen LogP contribution in [0.2, 0.25) is 0 Å². The molecule has 0 unspecified atom stereocenters. The molecule has 0 aromatic carbocycles. The van der Waals surface area contributed by atoms with Gasteiger partial charge in [-0.15, -0.1) is 11.3 Å². The van der Waals surface area contributed by atoms with Crippen molar-refractivity contribution in [3.8, 4) is 10.7 Å². The molecule has 0 radical (unpaired) electrons. The predicted molar refractivity (Wildman–Crippen MR) is 109 cm³/mol. The lowest BCUT2D eigenvalue weighted by atomic mass is 10.3. The molecule has 4 rings (SSSR count). The Morgan fingerprint density at radius 2 is 1.96 bits per heavy atom. The van der Waals surface area contributed by atoms with Gasteiger partial charge in [-0.1, -0.05) is 12.8 Å². The number of thiazole rings is 1. The Morgan fingerprint density at radius 3 is 2.61 bits per heavy atom.